The number of hydrogen-bond donors (Lipinski definition) is 4. The molecule has 2 heterocycles. The van der Waals surface area contributed by atoms with E-state index in [9.17, 15) is 19.5 Å². The molecule has 3 unspecified atom stereocenters. The molecule has 43 heavy (non-hydrogen) atoms. The predicted molar refractivity (Wildman–Crippen MR) is 166 cm³/mol. The Morgan fingerprint density at radius 2 is 1.74 bits per heavy atom. The minimum Gasteiger partial charge on any atom is -0.463 e. The minimum atomic E-state index is -0.591. The number of amides is 2. The van der Waals surface area contributed by atoms with Crippen LogP contribution in [0.3, 0.4) is 0 Å². The third-order valence-corrected chi connectivity index (χ3v) is 8.91. The summed E-state index contributed by atoms with van der Waals surface area (Å²) in [5, 5.41) is 17.2. The average molecular weight is 586 g/mol. The second-order valence-corrected chi connectivity index (χ2v) is 12.2. The molecule has 1 aromatic heterocycles. The maximum absolute atomic E-state index is 13.7. The van der Waals surface area contributed by atoms with Gasteiger partial charge in [-0.05, 0) is 62.1 Å². The summed E-state index contributed by atoms with van der Waals surface area (Å²) in [4.78, 5) is 43.5. The lowest BCUT2D eigenvalue weighted by molar-refractivity contribution is -0.150. The number of H-pyrrole nitrogens is 1. The summed E-state index contributed by atoms with van der Waals surface area (Å²) >= 11 is 0. The highest BCUT2D eigenvalue weighted by Gasteiger charge is 2.36. The zero-order chi connectivity index (χ0) is 30.1. The van der Waals surface area contributed by atoms with E-state index in [1.54, 1.807) is 0 Å². The largest absolute Gasteiger partial charge is 0.463 e. The zero-order valence-electron chi connectivity index (χ0n) is 24.7. The van der Waals surface area contributed by atoms with Crippen LogP contribution in [-0.2, 0) is 32.0 Å². The highest BCUT2D eigenvalue weighted by atomic mass is 16.5. The van der Waals surface area contributed by atoms with Crippen molar-refractivity contribution in [3.8, 4) is 0 Å². The van der Waals surface area contributed by atoms with Crippen LogP contribution in [0.1, 0.15) is 62.5 Å². The van der Waals surface area contributed by atoms with Crippen molar-refractivity contribution in [1.82, 2.24) is 15.6 Å². The third kappa shape index (κ3) is 8.14. The Morgan fingerprint density at radius 3 is 2.53 bits per heavy atom. The lowest BCUT2D eigenvalue weighted by Crippen LogP contribution is -2.50. The van der Waals surface area contributed by atoms with Crippen LogP contribution in [0.4, 0.5) is 0 Å². The average Bonchev–Trinajstić information content (AvgIpc) is 3.66. The monoisotopic (exact) mass is 585 g/mol. The number of aromatic nitrogens is 1. The molecule has 8 heteroatoms. The summed E-state index contributed by atoms with van der Waals surface area (Å²) in [5.41, 5.74) is 2.50. The number of hydrogen-bond acceptors (Lipinski definition) is 5. The number of aliphatic hydroxyl groups is 1. The fraction of sp³-hybridized carbons (Fsp3) is 0.457. The van der Waals surface area contributed by atoms with Gasteiger partial charge < -0.3 is 25.5 Å². The van der Waals surface area contributed by atoms with Gasteiger partial charge in [-0.3, -0.25) is 14.4 Å². The molecule has 2 aliphatic rings. The number of para-hydroxylation sites is 1. The van der Waals surface area contributed by atoms with Crippen molar-refractivity contribution in [2.45, 2.75) is 75.8 Å². The van der Waals surface area contributed by atoms with Crippen LogP contribution >= 0.6 is 0 Å². The van der Waals surface area contributed by atoms with Gasteiger partial charge in [0, 0.05) is 23.5 Å². The SMILES string of the molecule is O=C(CC1CC=CCCC(Cc2ccccc2)C(=O)OCC(Cc2c[nH]c3ccccc23)NC1=O)NC1(CO)CCCC1. The first-order chi connectivity index (χ1) is 20.9. The molecule has 1 fully saturated rings. The highest BCUT2D eigenvalue weighted by molar-refractivity contribution is 5.87. The Kier molecular flexibility index (Phi) is 10.3. The molecule has 228 valence electrons. The third-order valence-electron chi connectivity index (χ3n) is 8.91. The molecule has 5 rings (SSSR count). The normalized spacial score (nSPS) is 23.0. The summed E-state index contributed by atoms with van der Waals surface area (Å²) in [6.45, 7) is -0.0624. The van der Waals surface area contributed by atoms with Gasteiger partial charge in [-0.1, -0.05) is 73.5 Å². The van der Waals surface area contributed by atoms with Crippen molar-refractivity contribution >= 4 is 28.7 Å². The van der Waals surface area contributed by atoms with E-state index in [1.165, 1.54) is 0 Å². The second kappa shape index (κ2) is 14.5. The van der Waals surface area contributed by atoms with Gasteiger partial charge in [-0.25, -0.2) is 0 Å². The van der Waals surface area contributed by atoms with Crippen molar-refractivity contribution in [2.24, 2.45) is 11.8 Å². The van der Waals surface area contributed by atoms with Gasteiger partial charge in [0.05, 0.1) is 30.0 Å². The number of carbonyl (C=O) groups is 3. The smallest absolute Gasteiger partial charge is 0.309 e. The summed E-state index contributed by atoms with van der Waals surface area (Å²) in [5.74, 6) is -1.63. The summed E-state index contributed by atoms with van der Waals surface area (Å²) in [6.07, 6.45) is 12.1. The Balaban J connectivity index is 1.35. The number of aliphatic hydroxyl groups excluding tert-OH is 1. The van der Waals surface area contributed by atoms with Crippen molar-refractivity contribution in [1.29, 1.82) is 0 Å². The molecule has 1 aliphatic carbocycles. The summed E-state index contributed by atoms with van der Waals surface area (Å²) in [6, 6.07) is 17.4. The van der Waals surface area contributed by atoms with Gasteiger partial charge >= 0.3 is 5.97 Å². The maximum atomic E-state index is 13.7. The Morgan fingerprint density at radius 1 is 0.977 bits per heavy atom. The van der Waals surface area contributed by atoms with E-state index in [4.69, 9.17) is 4.74 Å². The summed E-state index contributed by atoms with van der Waals surface area (Å²) in [7, 11) is 0. The zero-order valence-corrected chi connectivity index (χ0v) is 24.7. The second-order valence-electron chi connectivity index (χ2n) is 12.2. The van der Waals surface area contributed by atoms with E-state index in [1.807, 2.05) is 72.9 Å². The van der Waals surface area contributed by atoms with Crippen LogP contribution in [-0.4, -0.2) is 52.7 Å². The first kappa shape index (κ1) is 30.5. The van der Waals surface area contributed by atoms with Gasteiger partial charge in [0.15, 0.2) is 0 Å². The van der Waals surface area contributed by atoms with Crippen LogP contribution in [0, 0.1) is 11.8 Å². The fourth-order valence-electron chi connectivity index (χ4n) is 6.44. The maximum Gasteiger partial charge on any atom is 0.309 e. The number of ether oxygens (including phenoxy) is 1. The van der Waals surface area contributed by atoms with Crippen molar-refractivity contribution in [3.05, 3.63) is 84.1 Å². The predicted octanol–water partition coefficient (Wildman–Crippen LogP) is 4.77. The van der Waals surface area contributed by atoms with Crippen LogP contribution in [0.2, 0.25) is 0 Å². The van der Waals surface area contributed by atoms with E-state index in [0.717, 1.165) is 47.7 Å². The van der Waals surface area contributed by atoms with Gasteiger partial charge in [0.25, 0.3) is 0 Å². The standard InChI is InChI=1S/C35H43N3O5/c39-24-35(17-9-10-18-35)38-32(40)21-26-13-5-2-6-14-27(19-25-11-3-1-4-12-25)34(42)43-23-29(37-33(26)41)20-28-22-36-31-16-8-7-15-30(28)31/h1-5,7-8,11-12,15-16,22,26-27,29,36,39H,6,9-10,13-14,17-21,23-24H2,(H,37,41)(H,38,40). The number of benzene rings is 2. The van der Waals surface area contributed by atoms with Gasteiger partial charge in [0.2, 0.25) is 11.8 Å². The first-order valence-corrected chi connectivity index (χ1v) is 15.6. The molecule has 4 N–H and O–H groups in total. The molecule has 3 atom stereocenters. The Bertz CT molecular complexity index is 1410. The van der Waals surface area contributed by atoms with E-state index < -0.39 is 17.5 Å². The van der Waals surface area contributed by atoms with E-state index in [-0.39, 0.29) is 43.3 Å². The number of allylic oxidation sites excluding steroid dienone is 2. The Hall–Kier alpha value is -3.91. The molecule has 2 aromatic carbocycles. The number of nitrogens with one attached hydrogen (secondary N) is 3. The highest BCUT2D eigenvalue weighted by Crippen LogP contribution is 2.29. The number of carbonyl (C=O) groups excluding carboxylic acids is 3. The molecule has 0 bridgehead atoms. The van der Waals surface area contributed by atoms with Gasteiger partial charge in [-0.2, -0.15) is 0 Å². The number of rotatable bonds is 8. The molecule has 0 spiro atoms. The number of aromatic amines is 1. The molecule has 1 aliphatic heterocycles. The van der Waals surface area contributed by atoms with Crippen molar-refractivity contribution < 1.29 is 24.2 Å². The molecular weight excluding hydrogens is 542 g/mol. The molecule has 0 saturated heterocycles. The number of esters is 1. The molecule has 0 radical (unpaired) electrons. The molecular formula is C35H43N3O5. The molecule has 8 nitrogen and oxygen atoms in total. The lowest BCUT2D eigenvalue weighted by Gasteiger charge is -2.29. The van der Waals surface area contributed by atoms with Crippen LogP contribution in [0.25, 0.3) is 10.9 Å². The van der Waals surface area contributed by atoms with E-state index in [2.05, 4.69) is 15.6 Å². The van der Waals surface area contributed by atoms with Gasteiger partial charge in [0.1, 0.15) is 6.61 Å². The molecule has 1 saturated carbocycles. The molecule has 2 amide bonds. The quantitative estimate of drug-likeness (QED) is 0.224. The van der Waals surface area contributed by atoms with Crippen LogP contribution < -0.4 is 10.6 Å². The van der Waals surface area contributed by atoms with Crippen molar-refractivity contribution in [2.75, 3.05) is 13.2 Å². The van der Waals surface area contributed by atoms with Crippen molar-refractivity contribution in [3.63, 3.8) is 0 Å². The number of cyclic esters (lactones) is 1. The minimum absolute atomic E-state index is 0.0220. The Labute approximate surface area is 253 Å². The van der Waals surface area contributed by atoms with E-state index >= 15 is 0 Å². The van der Waals surface area contributed by atoms with Crippen LogP contribution in [0.5, 0.6) is 0 Å². The first-order valence-electron chi connectivity index (χ1n) is 15.6. The molecule has 3 aromatic rings. The lowest BCUT2D eigenvalue weighted by atomic mass is 9.94. The van der Waals surface area contributed by atoms with Gasteiger partial charge in [-0.15, -0.1) is 0 Å². The van der Waals surface area contributed by atoms with E-state index in [0.29, 0.717) is 32.1 Å². The fourth-order valence-corrected chi connectivity index (χ4v) is 6.44. The number of fused-ring (bicyclic) bond motifs is 1. The summed E-state index contributed by atoms with van der Waals surface area (Å²) < 4.78 is 5.90. The van der Waals surface area contributed by atoms with Crippen LogP contribution in [0.15, 0.2) is 72.9 Å². The topological polar surface area (TPSA) is 121 Å².